The number of carbonyl (C=O) groups excluding carboxylic acids is 2. The van der Waals surface area contributed by atoms with Crippen molar-refractivity contribution in [3.8, 4) is 0 Å². The van der Waals surface area contributed by atoms with E-state index in [2.05, 4.69) is 0 Å². The largest absolute Gasteiger partial charge is 0.285 e. The molecule has 0 radical (unpaired) electrons. The number of amides is 2. The molecular weight excluding hydrogens is 206 g/mol. The van der Waals surface area contributed by atoms with Gasteiger partial charge in [-0.3, -0.25) is 14.4 Å². The van der Waals surface area contributed by atoms with Crippen molar-refractivity contribution in [3.63, 3.8) is 0 Å². The molecule has 16 heavy (non-hydrogen) atoms. The van der Waals surface area contributed by atoms with Crippen LogP contribution in [0.5, 0.6) is 0 Å². The molecule has 1 aromatic carbocycles. The van der Waals surface area contributed by atoms with Crippen molar-refractivity contribution in [2.45, 2.75) is 20.3 Å². The van der Waals surface area contributed by atoms with Gasteiger partial charge in [-0.25, -0.2) is 0 Å². The van der Waals surface area contributed by atoms with Crippen LogP contribution in [0, 0.1) is 6.92 Å². The number of fused-ring (bicyclic) bond motifs is 1. The van der Waals surface area contributed by atoms with E-state index in [-0.39, 0.29) is 11.8 Å². The molecule has 0 aliphatic carbocycles. The number of hydrogen-bond acceptors (Lipinski definition) is 3. The predicted octanol–water partition coefficient (Wildman–Crippen LogP) is 1.93. The molecule has 4 heteroatoms. The quantitative estimate of drug-likeness (QED) is 0.730. The van der Waals surface area contributed by atoms with Crippen LogP contribution in [0.25, 0.3) is 0 Å². The summed E-state index contributed by atoms with van der Waals surface area (Å²) < 4.78 is 0. The summed E-state index contributed by atoms with van der Waals surface area (Å²) >= 11 is 0. The Morgan fingerprint density at radius 3 is 2.56 bits per heavy atom. The molecular formula is C12H13NO3. The van der Waals surface area contributed by atoms with Crippen LogP contribution < -0.4 is 0 Å². The molecule has 0 bridgehead atoms. The minimum atomic E-state index is -0.367. The number of imide groups is 1. The highest BCUT2D eigenvalue weighted by atomic mass is 16.7. The average Bonchev–Trinajstić information content (AvgIpc) is 2.50. The Morgan fingerprint density at radius 1 is 1.19 bits per heavy atom. The Labute approximate surface area is 93.8 Å². The molecule has 1 heterocycles. The average molecular weight is 219 g/mol. The van der Waals surface area contributed by atoms with E-state index in [9.17, 15) is 9.59 Å². The summed E-state index contributed by atoms with van der Waals surface area (Å²) in [5.74, 6) is -0.731. The molecule has 0 atom stereocenters. The first-order valence-corrected chi connectivity index (χ1v) is 5.27. The van der Waals surface area contributed by atoms with Crippen LogP contribution >= 0.6 is 0 Å². The highest BCUT2D eigenvalue weighted by molar-refractivity contribution is 6.20. The van der Waals surface area contributed by atoms with Crippen molar-refractivity contribution in [1.29, 1.82) is 0 Å². The van der Waals surface area contributed by atoms with Gasteiger partial charge in [0.2, 0.25) is 0 Å². The number of aryl methyl sites for hydroxylation is 1. The van der Waals surface area contributed by atoms with Gasteiger partial charge in [0.15, 0.2) is 0 Å². The van der Waals surface area contributed by atoms with Gasteiger partial charge in [0.25, 0.3) is 11.8 Å². The van der Waals surface area contributed by atoms with E-state index < -0.39 is 0 Å². The summed E-state index contributed by atoms with van der Waals surface area (Å²) in [7, 11) is 0. The number of carbonyl (C=O) groups is 2. The van der Waals surface area contributed by atoms with Crippen LogP contribution in [0.4, 0.5) is 0 Å². The fourth-order valence-electron chi connectivity index (χ4n) is 1.63. The van der Waals surface area contributed by atoms with Crippen molar-refractivity contribution in [3.05, 3.63) is 34.9 Å². The third kappa shape index (κ3) is 1.61. The summed E-state index contributed by atoms with van der Waals surface area (Å²) in [6, 6.07) is 5.19. The van der Waals surface area contributed by atoms with Gasteiger partial charge in [0.05, 0.1) is 17.7 Å². The first-order valence-electron chi connectivity index (χ1n) is 5.27. The maximum atomic E-state index is 11.8. The van der Waals surface area contributed by atoms with E-state index in [4.69, 9.17) is 4.84 Å². The minimum absolute atomic E-state index is 0.364. The van der Waals surface area contributed by atoms with Gasteiger partial charge < -0.3 is 0 Å². The first kappa shape index (κ1) is 10.8. The zero-order chi connectivity index (χ0) is 11.7. The highest BCUT2D eigenvalue weighted by Gasteiger charge is 2.36. The Kier molecular flexibility index (Phi) is 2.75. The van der Waals surface area contributed by atoms with Crippen LogP contribution in [-0.4, -0.2) is 23.5 Å². The molecule has 0 saturated heterocycles. The molecule has 84 valence electrons. The smallest absolute Gasteiger partial charge is 0.266 e. The fourth-order valence-corrected chi connectivity index (χ4v) is 1.63. The summed E-state index contributed by atoms with van der Waals surface area (Å²) in [6.45, 7) is 4.17. The standard InChI is InChI=1S/C12H13NO3/c1-3-6-16-13-11(14)9-5-4-8(2)7-10(9)12(13)15/h4-5,7H,3,6H2,1-2H3. The molecule has 1 aliphatic rings. The molecule has 0 unspecified atom stereocenters. The minimum Gasteiger partial charge on any atom is -0.266 e. The lowest BCUT2D eigenvalue weighted by atomic mass is 10.1. The van der Waals surface area contributed by atoms with Crippen molar-refractivity contribution < 1.29 is 14.4 Å². The molecule has 1 aromatic rings. The maximum absolute atomic E-state index is 11.8. The van der Waals surface area contributed by atoms with Crippen LogP contribution in [-0.2, 0) is 4.84 Å². The predicted molar refractivity (Wildman–Crippen MR) is 57.9 cm³/mol. The van der Waals surface area contributed by atoms with Crippen LogP contribution in [0.15, 0.2) is 18.2 Å². The lowest BCUT2D eigenvalue weighted by Gasteiger charge is -2.11. The van der Waals surface area contributed by atoms with E-state index in [1.54, 1.807) is 12.1 Å². The van der Waals surface area contributed by atoms with Gasteiger partial charge in [-0.1, -0.05) is 18.6 Å². The number of hydroxylamine groups is 2. The van der Waals surface area contributed by atoms with Crippen molar-refractivity contribution in [2.75, 3.05) is 6.61 Å². The third-order valence-corrected chi connectivity index (χ3v) is 2.43. The molecule has 0 fully saturated rings. The van der Waals surface area contributed by atoms with E-state index in [0.29, 0.717) is 17.7 Å². The van der Waals surface area contributed by atoms with E-state index in [0.717, 1.165) is 17.0 Å². The zero-order valence-corrected chi connectivity index (χ0v) is 9.32. The van der Waals surface area contributed by atoms with E-state index >= 15 is 0 Å². The Bertz CT molecular complexity index is 454. The lowest BCUT2D eigenvalue weighted by molar-refractivity contribution is -0.0909. The Morgan fingerprint density at radius 2 is 1.88 bits per heavy atom. The summed E-state index contributed by atoms with van der Waals surface area (Å²) in [6.07, 6.45) is 0.756. The molecule has 1 aliphatic heterocycles. The first-order chi connectivity index (χ1) is 7.65. The van der Waals surface area contributed by atoms with E-state index in [1.807, 2.05) is 19.9 Å². The summed E-state index contributed by atoms with van der Waals surface area (Å²) in [5, 5.41) is 0.855. The molecule has 0 saturated carbocycles. The SMILES string of the molecule is CCCON1C(=O)c2ccc(C)cc2C1=O. The number of hydrogen-bond donors (Lipinski definition) is 0. The van der Waals surface area contributed by atoms with Crippen molar-refractivity contribution >= 4 is 11.8 Å². The van der Waals surface area contributed by atoms with Crippen molar-refractivity contribution in [1.82, 2.24) is 5.06 Å². The monoisotopic (exact) mass is 219 g/mol. The van der Waals surface area contributed by atoms with Gasteiger partial charge in [0, 0.05) is 0 Å². The van der Waals surface area contributed by atoms with Crippen LogP contribution in [0.2, 0.25) is 0 Å². The lowest BCUT2D eigenvalue weighted by Crippen LogP contribution is -2.30. The summed E-state index contributed by atoms with van der Waals surface area (Å²) in [5.41, 5.74) is 1.81. The normalized spacial score (nSPS) is 14.5. The topological polar surface area (TPSA) is 46.6 Å². The number of nitrogens with zero attached hydrogens (tertiary/aromatic N) is 1. The second kappa shape index (κ2) is 4.06. The molecule has 4 nitrogen and oxygen atoms in total. The van der Waals surface area contributed by atoms with Gasteiger partial charge in [-0.15, -0.1) is 5.06 Å². The van der Waals surface area contributed by atoms with Crippen LogP contribution in [0.3, 0.4) is 0 Å². The molecule has 0 aromatic heterocycles. The Hall–Kier alpha value is -1.68. The molecule has 2 amide bonds. The van der Waals surface area contributed by atoms with Gasteiger partial charge in [-0.05, 0) is 25.5 Å². The van der Waals surface area contributed by atoms with Gasteiger partial charge in [0.1, 0.15) is 0 Å². The fraction of sp³-hybridized carbons (Fsp3) is 0.333. The zero-order valence-electron chi connectivity index (χ0n) is 9.32. The van der Waals surface area contributed by atoms with Gasteiger partial charge in [-0.2, -0.15) is 0 Å². The van der Waals surface area contributed by atoms with Crippen molar-refractivity contribution in [2.24, 2.45) is 0 Å². The summed E-state index contributed by atoms with van der Waals surface area (Å²) in [4.78, 5) is 28.8. The molecule has 0 N–H and O–H groups in total. The highest BCUT2D eigenvalue weighted by Crippen LogP contribution is 2.23. The second-order valence-electron chi connectivity index (χ2n) is 3.79. The Balaban J connectivity index is 2.33. The third-order valence-electron chi connectivity index (χ3n) is 2.43. The second-order valence-corrected chi connectivity index (χ2v) is 3.79. The van der Waals surface area contributed by atoms with E-state index in [1.165, 1.54) is 0 Å². The number of rotatable bonds is 3. The molecule has 0 spiro atoms. The number of benzene rings is 1. The maximum Gasteiger partial charge on any atom is 0.285 e. The van der Waals surface area contributed by atoms with Gasteiger partial charge >= 0.3 is 0 Å². The van der Waals surface area contributed by atoms with Crippen LogP contribution in [0.1, 0.15) is 39.6 Å². The molecule has 2 rings (SSSR count).